The van der Waals surface area contributed by atoms with Crippen LogP contribution in [0.25, 0.3) is 0 Å². The van der Waals surface area contributed by atoms with Crippen LogP contribution in [0.3, 0.4) is 0 Å². The quantitative estimate of drug-likeness (QED) is 0.880. The molecule has 20 heavy (non-hydrogen) atoms. The molecule has 1 aromatic rings. The smallest absolute Gasteiger partial charge is 0.407 e. The lowest BCUT2D eigenvalue weighted by atomic mass is 10.1. The van der Waals surface area contributed by atoms with E-state index in [2.05, 4.69) is 21.2 Å². The number of alkyl carbamates (subject to hydrolysis) is 1. The SMILES string of the molecule is COc1c(Br)cccc1C(N)CNC(=O)OC(C)(C)C. The lowest BCUT2D eigenvalue weighted by Gasteiger charge is -2.21. The third kappa shape index (κ3) is 5.02. The molecular weight excluding hydrogens is 324 g/mol. The summed E-state index contributed by atoms with van der Waals surface area (Å²) in [6, 6.07) is 5.23. The Bertz CT molecular complexity index is 472. The molecule has 5 nitrogen and oxygen atoms in total. The summed E-state index contributed by atoms with van der Waals surface area (Å²) >= 11 is 3.40. The maximum absolute atomic E-state index is 11.6. The summed E-state index contributed by atoms with van der Waals surface area (Å²) in [5, 5.41) is 2.65. The maximum atomic E-state index is 11.6. The van der Waals surface area contributed by atoms with Crippen LogP contribution in [-0.2, 0) is 4.74 Å². The van der Waals surface area contributed by atoms with Crippen LogP contribution >= 0.6 is 15.9 Å². The fourth-order valence-electron chi connectivity index (χ4n) is 1.65. The zero-order valence-electron chi connectivity index (χ0n) is 12.2. The highest BCUT2D eigenvalue weighted by atomic mass is 79.9. The first kappa shape index (κ1) is 16.8. The van der Waals surface area contributed by atoms with Crippen LogP contribution in [0.5, 0.6) is 5.75 Å². The standard InChI is InChI=1S/C14H21BrN2O3/c1-14(2,3)20-13(18)17-8-11(16)9-6-5-7-10(15)12(9)19-4/h5-7,11H,8,16H2,1-4H3,(H,17,18). The van der Waals surface area contributed by atoms with Crippen molar-refractivity contribution in [2.75, 3.05) is 13.7 Å². The van der Waals surface area contributed by atoms with Crippen LogP contribution in [0.15, 0.2) is 22.7 Å². The number of hydrogen-bond acceptors (Lipinski definition) is 4. The van der Waals surface area contributed by atoms with Crippen molar-refractivity contribution in [1.29, 1.82) is 0 Å². The minimum Gasteiger partial charge on any atom is -0.495 e. The molecule has 0 aliphatic rings. The molecule has 0 aliphatic carbocycles. The highest BCUT2D eigenvalue weighted by Gasteiger charge is 2.18. The van der Waals surface area contributed by atoms with Gasteiger partial charge in [0.2, 0.25) is 0 Å². The van der Waals surface area contributed by atoms with Gasteiger partial charge >= 0.3 is 6.09 Å². The summed E-state index contributed by atoms with van der Waals surface area (Å²) in [7, 11) is 1.58. The second-order valence-electron chi connectivity index (χ2n) is 5.35. The van der Waals surface area contributed by atoms with E-state index < -0.39 is 11.7 Å². The van der Waals surface area contributed by atoms with Gasteiger partial charge in [-0.3, -0.25) is 0 Å². The van der Waals surface area contributed by atoms with Gasteiger partial charge in [-0.1, -0.05) is 12.1 Å². The highest BCUT2D eigenvalue weighted by Crippen LogP contribution is 2.31. The van der Waals surface area contributed by atoms with E-state index in [1.165, 1.54) is 0 Å². The summed E-state index contributed by atoms with van der Waals surface area (Å²) < 4.78 is 11.3. The first-order chi connectivity index (χ1) is 9.24. The molecule has 0 saturated heterocycles. The van der Waals surface area contributed by atoms with Crippen LogP contribution in [0, 0.1) is 0 Å². The first-order valence-corrected chi connectivity index (χ1v) is 7.08. The molecule has 1 amide bonds. The van der Waals surface area contributed by atoms with Crippen LogP contribution in [-0.4, -0.2) is 25.3 Å². The lowest BCUT2D eigenvalue weighted by molar-refractivity contribution is 0.0524. The van der Waals surface area contributed by atoms with Crippen molar-refractivity contribution >= 4 is 22.0 Å². The fraction of sp³-hybridized carbons (Fsp3) is 0.500. The van der Waals surface area contributed by atoms with E-state index in [1.54, 1.807) is 7.11 Å². The van der Waals surface area contributed by atoms with Gasteiger partial charge in [0, 0.05) is 12.1 Å². The van der Waals surface area contributed by atoms with Gasteiger partial charge in [-0.05, 0) is 42.8 Å². The fourth-order valence-corrected chi connectivity index (χ4v) is 2.19. The predicted octanol–water partition coefficient (Wildman–Crippen LogP) is 2.98. The van der Waals surface area contributed by atoms with Gasteiger partial charge in [-0.25, -0.2) is 4.79 Å². The number of ether oxygens (including phenoxy) is 2. The van der Waals surface area contributed by atoms with Gasteiger partial charge in [0.05, 0.1) is 17.6 Å². The van der Waals surface area contributed by atoms with Crippen LogP contribution in [0.4, 0.5) is 4.79 Å². The number of hydrogen-bond donors (Lipinski definition) is 2. The molecule has 0 spiro atoms. The van der Waals surface area contributed by atoms with E-state index in [9.17, 15) is 4.79 Å². The van der Waals surface area contributed by atoms with Gasteiger partial charge in [-0.15, -0.1) is 0 Å². The Morgan fingerprint density at radius 2 is 2.10 bits per heavy atom. The normalized spacial score (nSPS) is 12.7. The molecule has 0 radical (unpaired) electrons. The summed E-state index contributed by atoms with van der Waals surface area (Å²) in [6.07, 6.45) is -0.484. The van der Waals surface area contributed by atoms with Gasteiger partial charge in [0.15, 0.2) is 0 Å². The second-order valence-corrected chi connectivity index (χ2v) is 6.21. The predicted molar refractivity (Wildman–Crippen MR) is 81.9 cm³/mol. The van der Waals surface area contributed by atoms with Crippen molar-refractivity contribution in [3.05, 3.63) is 28.2 Å². The second kappa shape index (κ2) is 6.95. The number of benzene rings is 1. The molecule has 112 valence electrons. The minimum atomic E-state index is -0.526. The number of carbonyl (C=O) groups is 1. The van der Waals surface area contributed by atoms with Gasteiger partial charge in [0.25, 0.3) is 0 Å². The lowest BCUT2D eigenvalue weighted by Crippen LogP contribution is -2.36. The van der Waals surface area contributed by atoms with E-state index in [0.717, 1.165) is 10.0 Å². The molecule has 0 bridgehead atoms. The minimum absolute atomic E-state index is 0.266. The van der Waals surface area contributed by atoms with E-state index >= 15 is 0 Å². The summed E-state index contributed by atoms with van der Waals surface area (Å²) in [5.41, 5.74) is 6.37. The average molecular weight is 345 g/mol. The van der Waals surface area contributed by atoms with Crippen molar-refractivity contribution in [3.63, 3.8) is 0 Å². The van der Waals surface area contributed by atoms with Crippen molar-refractivity contribution in [2.24, 2.45) is 5.73 Å². The van der Waals surface area contributed by atoms with Crippen molar-refractivity contribution in [2.45, 2.75) is 32.4 Å². The number of halogens is 1. The topological polar surface area (TPSA) is 73.6 Å². The molecule has 0 aliphatic heterocycles. The molecule has 0 aromatic heterocycles. The Hall–Kier alpha value is -1.27. The molecule has 1 rings (SSSR count). The Labute approximate surface area is 127 Å². The molecule has 0 saturated carbocycles. The summed E-state index contributed by atoms with van der Waals surface area (Å²) in [4.78, 5) is 11.6. The Balaban J connectivity index is 2.66. The summed E-state index contributed by atoms with van der Waals surface area (Å²) in [5.74, 6) is 0.672. The van der Waals surface area contributed by atoms with Gasteiger partial charge in [0.1, 0.15) is 11.4 Å². The number of nitrogens with one attached hydrogen (secondary N) is 1. The van der Waals surface area contributed by atoms with Gasteiger partial charge < -0.3 is 20.5 Å². The Morgan fingerprint density at radius 3 is 2.65 bits per heavy atom. The van der Waals surface area contributed by atoms with Crippen molar-refractivity contribution in [3.8, 4) is 5.75 Å². The maximum Gasteiger partial charge on any atom is 0.407 e. The number of carbonyl (C=O) groups excluding carboxylic acids is 1. The largest absolute Gasteiger partial charge is 0.495 e. The average Bonchev–Trinajstić information content (AvgIpc) is 2.33. The Morgan fingerprint density at radius 1 is 1.45 bits per heavy atom. The molecule has 3 N–H and O–H groups in total. The molecule has 6 heteroatoms. The number of para-hydroxylation sites is 1. The molecule has 1 unspecified atom stereocenters. The monoisotopic (exact) mass is 344 g/mol. The molecule has 0 heterocycles. The van der Waals surface area contributed by atoms with Gasteiger partial charge in [-0.2, -0.15) is 0 Å². The number of nitrogens with two attached hydrogens (primary N) is 1. The zero-order chi connectivity index (χ0) is 15.3. The van der Waals surface area contributed by atoms with E-state index in [0.29, 0.717) is 5.75 Å². The van der Waals surface area contributed by atoms with Crippen LogP contribution in [0.1, 0.15) is 32.4 Å². The molecule has 0 fully saturated rings. The number of rotatable bonds is 4. The Kier molecular flexibility index (Phi) is 5.83. The van der Waals surface area contributed by atoms with Crippen LogP contribution < -0.4 is 15.8 Å². The molecular formula is C14H21BrN2O3. The third-order valence-electron chi connectivity index (χ3n) is 2.47. The molecule has 1 atom stereocenters. The van der Waals surface area contributed by atoms with Crippen molar-refractivity contribution in [1.82, 2.24) is 5.32 Å². The van der Waals surface area contributed by atoms with E-state index in [-0.39, 0.29) is 12.6 Å². The summed E-state index contributed by atoms with van der Waals surface area (Å²) in [6.45, 7) is 5.69. The number of amides is 1. The van der Waals surface area contributed by atoms with E-state index in [4.69, 9.17) is 15.2 Å². The van der Waals surface area contributed by atoms with E-state index in [1.807, 2.05) is 39.0 Å². The number of methoxy groups -OCH3 is 1. The van der Waals surface area contributed by atoms with Crippen molar-refractivity contribution < 1.29 is 14.3 Å². The highest BCUT2D eigenvalue weighted by molar-refractivity contribution is 9.10. The van der Waals surface area contributed by atoms with Crippen LogP contribution in [0.2, 0.25) is 0 Å². The first-order valence-electron chi connectivity index (χ1n) is 6.29. The third-order valence-corrected chi connectivity index (χ3v) is 3.09. The molecule has 1 aromatic carbocycles. The zero-order valence-corrected chi connectivity index (χ0v) is 13.8.